The summed E-state index contributed by atoms with van der Waals surface area (Å²) in [7, 11) is 0. The minimum absolute atomic E-state index is 0.288. The average molecular weight is 274 g/mol. The summed E-state index contributed by atoms with van der Waals surface area (Å²) in [4.78, 5) is 11.4. The molecule has 4 rings (SSSR count). The lowest BCUT2D eigenvalue weighted by Gasteiger charge is -2.15. The maximum Gasteiger partial charge on any atom is 0.308 e. The van der Waals surface area contributed by atoms with Crippen LogP contribution in [-0.4, -0.2) is 5.97 Å². The first-order chi connectivity index (χ1) is 10.1. The fraction of sp³-hybridized carbons (Fsp3) is 0.105. The summed E-state index contributed by atoms with van der Waals surface area (Å²) in [5.41, 5.74) is 1.12. The van der Waals surface area contributed by atoms with Crippen LogP contribution in [0, 0.1) is 6.92 Å². The summed E-state index contributed by atoms with van der Waals surface area (Å²) in [6, 6.07) is 16.7. The molecular formula is C19H14O2. The molecule has 2 nitrogen and oxygen atoms in total. The lowest BCUT2D eigenvalue weighted by Crippen LogP contribution is -2.02. The predicted molar refractivity (Wildman–Crippen MR) is 86.2 cm³/mol. The standard InChI is InChI=1S/C19H14O2/c1-11-10-17(21-12(2)20)16-9-7-14-5-3-4-13-6-8-15(11)19(16)18(13)14/h3-10H,1-2H3. The van der Waals surface area contributed by atoms with Crippen LogP contribution in [0.1, 0.15) is 12.5 Å². The number of aryl methyl sites for hydroxylation is 1. The number of rotatable bonds is 1. The number of carbonyl (C=O) groups is 1. The Balaban J connectivity index is 2.27. The number of hydrogen-bond acceptors (Lipinski definition) is 2. The molecule has 0 saturated heterocycles. The van der Waals surface area contributed by atoms with Crippen molar-refractivity contribution in [1.29, 1.82) is 0 Å². The third kappa shape index (κ3) is 1.69. The van der Waals surface area contributed by atoms with Crippen molar-refractivity contribution in [2.45, 2.75) is 13.8 Å². The molecule has 102 valence electrons. The van der Waals surface area contributed by atoms with E-state index in [1.165, 1.54) is 33.9 Å². The molecule has 0 unspecified atom stereocenters. The second kappa shape index (κ2) is 4.19. The third-order valence-corrected chi connectivity index (χ3v) is 4.07. The lowest BCUT2D eigenvalue weighted by atomic mass is 9.92. The van der Waals surface area contributed by atoms with Crippen molar-refractivity contribution >= 4 is 38.3 Å². The summed E-state index contributed by atoms with van der Waals surface area (Å²) < 4.78 is 5.41. The molecule has 0 atom stereocenters. The van der Waals surface area contributed by atoms with Crippen molar-refractivity contribution in [2.75, 3.05) is 0 Å². The van der Waals surface area contributed by atoms with Gasteiger partial charge in [-0.3, -0.25) is 4.79 Å². The molecule has 0 bridgehead atoms. The third-order valence-electron chi connectivity index (χ3n) is 4.07. The van der Waals surface area contributed by atoms with Crippen LogP contribution in [-0.2, 0) is 4.79 Å². The summed E-state index contributed by atoms with van der Waals surface area (Å²) in [5, 5.41) is 7.06. The van der Waals surface area contributed by atoms with E-state index in [1.54, 1.807) is 0 Å². The van der Waals surface area contributed by atoms with Crippen LogP contribution >= 0.6 is 0 Å². The molecule has 21 heavy (non-hydrogen) atoms. The van der Waals surface area contributed by atoms with Crippen molar-refractivity contribution in [3.05, 3.63) is 54.1 Å². The van der Waals surface area contributed by atoms with Crippen molar-refractivity contribution in [1.82, 2.24) is 0 Å². The molecule has 0 aromatic heterocycles. The van der Waals surface area contributed by atoms with E-state index in [2.05, 4.69) is 43.3 Å². The van der Waals surface area contributed by atoms with E-state index < -0.39 is 0 Å². The highest BCUT2D eigenvalue weighted by atomic mass is 16.5. The van der Waals surface area contributed by atoms with Gasteiger partial charge in [0, 0.05) is 17.7 Å². The first-order valence-electron chi connectivity index (χ1n) is 7.01. The number of esters is 1. The molecule has 0 aliphatic heterocycles. The van der Waals surface area contributed by atoms with Crippen LogP contribution < -0.4 is 4.74 Å². The Morgan fingerprint density at radius 3 is 2.24 bits per heavy atom. The molecule has 2 heteroatoms. The maximum atomic E-state index is 11.4. The van der Waals surface area contributed by atoms with Gasteiger partial charge in [-0.05, 0) is 46.2 Å². The van der Waals surface area contributed by atoms with Crippen molar-refractivity contribution in [3.8, 4) is 5.75 Å². The average Bonchev–Trinajstić information content (AvgIpc) is 2.46. The summed E-state index contributed by atoms with van der Waals surface area (Å²) in [6.07, 6.45) is 0. The molecule has 0 aliphatic rings. The normalized spacial score (nSPS) is 11.5. The van der Waals surface area contributed by atoms with Gasteiger partial charge in [-0.25, -0.2) is 0 Å². The maximum absolute atomic E-state index is 11.4. The zero-order chi connectivity index (χ0) is 14.6. The van der Waals surface area contributed by atoms with Gasteiger partial charge in [0.2, 0.25) is 0 Å². The topological polar surface area (TPSA) is 26.3 Å². The van der Waals surface area contributed by atoms with Crippen molar-refractivity contribution in [2.24, 2.45) is 0 Å². The zero-order valence-corrected chi connectivity index (χ0v) is 11.9. The number of hydrogen-bond donors (Lipinski definition) is 0. The second-order valence-corrected chi connectivity index (χ2v) is 5.47. The molecule has 4 aromatic carbocycles. The monoisotopic (exact) mass is 274 g/mol. The van der Waals surface area contributed by atoms with Gasteiger partial charge in [-0.1, -0.05) is 36.4 Å². The highest BCUT2D eigenvalue weighted by Crippen LogP contribution is 2.40. The van der Waals surface area contributed by atoms with E-state index in [-0.39, 0.29) is 5.97 Å². The summed E-state index contributed by atoms with van der Waals surface area (Å²) >= 11 is 0. The number of carbonyl (C=O) groups excluding carboxylic acids is 1. The quantitative estimate of drug-likeness (QED) is 0.282. The molecule has 0 aliphatic carbocycles. The smallest absolute Gasteiger partial charge is 0.308 e. The molecule has 0 radical (unpaired) electrons. The van der Waals surface area contributed by atoms with Crippen LogP contribution in [0.3, 0.4) is 0 Å². The molecule has 0 heterocycles. The van der Waals surface area contributed by atoms with Gasteiger partial charge >= 0.3 is 5.97 Å². The van der Waals surface area contributed by atoms with Crippen molar-refractivity contribution < 1.29 is 9.53 Å². The SMILES string of the molecule is CC(=O)Oc1cc(C)c2ccc3cccc4ccc1c2c34. The zero-order valence-electron chi connectivity index (χ0n) is 11.9. The largest absolute Gasteiger partial charge is 0.426 e. The fourth-order valence-electron chi connectivity index (χ4n) is 3.21. The number of ether oxygens (including phenoxy) is 1. The Bertz CT molecular complexity index is 983. The molecule has 0 amide bonds. The minimum atomic E-state index is -0.288. The van der Waals surface area contributed by atoms with Crippen LogP contribution in [0.4, 0.5) is 0 Å². The van der Waals surface area contributed by atoms with Crippen LogP contribution in [0.5, 0.6) is 5.75 Å². The van der Waals surface area contributed by atoms with Gasteiger partial charge in [-0.2, -0.15) is 0 Å². The first kappa shape index (κ1) is 12.2. The Hall–Kier alpha value is -2.61. The van der Waals surface area contributed by atoms with E-state index >= 15 is 0 Å². The van der Waals surface area contributed by atoms with E-state index in [4.69, 9.17) is 4.74 Å². The fourth-order valence-corrected chi connectivity index (χ4v) is 3.21. The molecule has 0 N–H and O–H groups in total. The van der Waals surface area contributed by atoms with Crippen LogP contribution in [0.25, 0.3) is 32.3 Å². The predicted octanol–water partition coefficient (Wildman–Crippen LogP) is 4.82. The summed E-state index contributed by atoms with van der Waals surface area (Å²) in [6.45, 7) is 3.49. The van der Waals surface area contributed by atoms with Gasteiger partial charge in [-0.15, -0.1) is 0 Å². The number of benzene rings is 4. The van der Waals surface area contributed by atoms with E-state index in [0.29, 0.717) is 5.75 Å². The van der Waals surface area contributed by atoms with E-state index in [1.807, 2.05) is 12.1 Å². The van der Waals surface area contributed by atoms with Gasteiger partial charge in [0.25, 0.3) is 0 Å². The lowest BCUT2D eigenvalue weighted by molar-refractivity contribution is -0.131. The van der Waals surface area contributed by atoms with Gasteiger partial charge in [0.1, 0.15) is 5.75 Å². The Kier molecular flexibility index (Phi) is 2.43. The van der Waals surface area contributed by atoms with Crippen LogP contribution in [0.2, 0.25) is 0 Å². The van der Waals surface area contributed by atoms with Gasteiger partial charge in [0.05, 0.1) is 0 Å². The Morgan fingerprint density at radius 1 is 0.905 bits per heavy atom. The highest BCUT2D eigenvalue weighted by molar-refractivity contribution is 6.24. The molecule has 0 saturated carbocycles. The Morgan fingerprint density at radius 2 is 1.57 bits per heavy atom. The molecular weight excluding hydrogens is 260 g/mol. The highest BCUT2D eigenvalue weighted by Gasteiger charge is 2.14. The first-order valence-corrected chi connectivity index (χ1v) is 7.01. The molecule has 0 fully saturated rings. The van der Waals surface area contributed by atoms with E-state index in [9.17, 15) is 4.79 Å². The van der Waals surface area contributed by atoms with Crippen molar-refractivity contribution in [3.63, 3.8) is 0 Å². The minimum Gasteiger partial charge on any atom is -0.426 e. The van der Waals surface area contributed by atoms with E-state index in [0.717, 1.165) is 10.9 Å². The molecule has 4 aromatic rings. The van der Waals surface area contributed by atoms with Gasteiger partial charge < -0.3 is 4.74 Å². The molecule has 0 spiro atoms. The second-order valence-electron chi connectivity index (χ2n) is 5.47. The van der Waals surface area contributed by atoms with Gasteiger partial charge in [0.15, 0.2) is 0 Å². The summed E-state index contributed by atoms with van der Waals surface area (Å²) in [5.74, 6) is 0.357. The Labute approximate surface area is 122 Å². The van der Waals surface area contributed by atoms with Crippen LogP contribution in [0.15, 0.2) is 48.5 Å².